The minimum Gasteiger partial charge on any atom is -0.378 e. The number of nitrogens with one attached hydrogen (secondary N) is 1. The summed E-state index contributed by atoms with van der Waals surface area (Å²) in [4.78, 5) is 16.1. The molecule has 0 bridgehead atoms. The number of fused-ring (bicyclic) bond motifs is 1. The van der Waals surface area contributed by atoms with Crippen LogP contribution >= 0.6 is 11.3 Å². The second-order valence-corrected chi connectivity index (χ2v) is 8.55. The standard InChI is InChI=1S/C23H20F2N4O2S/c1-14-18-13-21(32-23(18)29(27-14)17-5-2-15(24)3-6-17)22(30)26-16-4-7-20(19(25)12-16)28-8-10-31-11-9-28/h2-7,12-13H,8-11H2,1H3,(H,26,30). The predicted molar refractivity (Wildman–Crippen MR) is 121 cm³/mol. The smallest absolute Gasteiger partial charge is 0.265 e. The first-order chi connectivity index (χ1) is 15.5. The van der Waals surface area contributed by atoms with Gasteiger partial charge in [0.1, 0.15) is 16.5 Å². The number of hydrogen-bond donors (Lipinski definition) is 1. The summed E-state index contributed by atoms with van der Waals surface area (Å²) in [6.07, 6.45) is 0. The molecule has 0 aliphatic carbocycles. The molecule has 2 aromatic heterocycles. The number of aromatic nitrogens is 2. The summed E-state index contributed by atoms with van der Waals surface area (Å²) in [6, 6.07) is 12.5. The molecule has 1 aliphatic rings. The number of hydrogen-bond acceptors (Lipinski definition) is 5. The largest absolute Gasteiger partial charge is 0.378 e. The Bertz CT molecular complexity index is 1290. The first-order valence-corrected chi connectivity index (χ1v) is 11.0. The summed E-state index contributed by atoms with van der Waals surface area (Å²) in [5, 5.41) is 8.13. The number of thiophene rings is 1. The molecular formula is C23H20F2N4O2S. The number of morpholine rings is 1. The summed E-state index contributed by atoms with van der Waals surface area (Å²) in [5.41, 5.74) is 2.36. The van der Waals surface area contributed by atoms with Gasteiger partial charge in [-0.2, -0.15) is 5.10 Å². The molecule has 1 amide bonds. The fourth-order valence-electron chi connectivity index (χ4n) is 3.75. The van der Waals surface area contributed by atoms with E-state index >= 15 is 0 Å². The van der Waals surface area contributed by atoms with Gasteiger partial charge in [-0.3, -0.25) is 4.79 Å². The van der Waals surface area contributed by atoms with Gasteiger partial charge in [0, 0.05) is 24.2 Å². The van der Waals surface area contributed by atoms with E-state index in [-0.39, 0.29) is 17.5 Å². The van der Waals surface area contributed by atoms with Gasteiger partial charge in [0.25, 0.3) is 5.91 Å². The van der Waals surface area contributed by atoms with Crippen LogP contribution in [0.1, 0.15) is 15.4 Å². The van der Waals surface area contributed by atoms with E-state index in [1.54, 1.807) is 35.0 Å². The van der Waals surface area contributed by atoms with Gasteiger partial charge >= 0.3 is 0 Å². The highest BCUT2D eigenvalue weighted by Crippen LogP contribution is 2.31. The molecule has 3 heterocycles. The van der Waals surface area contributed by atoms with Gasteiger partial charge in [0.15, 0.2) is 0 Å². The van der Waals surface area contributed by atoms with Crippen molar-refractivity contribution in [3.8, 4) is 5.69 Å². The molecule has 1 aliphatic heterocycles. The van der Waals surface area contributed by atoms with Crippen molar-refractivity contribution in [2.45, 2.75) is 6.92 Å². The van der Waals surface area contributed by atoms with Crippen molar-refractivity contribution in [1.82, 2.24) is 9.78 Å². The quantitative estimate of drug-likeness (QED) is 0.483. The van der Waals surface area contributed by atoms with Gasteiger partial charge in [-0.1, -0.05) is 0 Å². The van der Waals surface area contributed by atoms with Crippen molar-refractivity contribution in [3.63, 3.8) is 0 Å². The lowest BCUT2D eigenvalue weighted by Gasteiger charge is -2.29. The van der Waals surface area contributed by atoms with Crippen LogP contribution in [0.4, 0.5) is 20.2 Å². The molecule has 0 radical (unpaired) electrons. The normalized spacial score (nSPS) is 14.2. The Morgan fingerprint density at radius 2 is 1.84 bits per heavy atom. The number of aryl methyl sites for hydroxylation is 1. The Morgan fingerprint density at radius 3 is 2.56 bits per heavy atom. The number of ether oxygens (including phenoxy) is 1. The molecule has 6 nitrogen and oxygen atoms in total. The maximum absolute atomic E-state index is 14.7. The van der Waals surface area contributed by atoms with Crippen molar-refractivity contribution in [2.24, 2.45) is 0 Å². The topological polar surface area (TPSA) is 59.4 Å². The molecule has 1 saturated heterocycles. The Hall–Kier alpha value is -3.30. The van der Waals surface area contributed by atoms with E-state index in [2.05, 4.69) is 10.4 Å². The second-order valence-electron chi connectivity index (χ2n) is 7.52. The maximum Gasteiger partial charge on any atom is 0.265 e. The van der Waals surface area contributed by atoms with Crippen LogP contribution in [-0.2, 0) is 4.74 Å². The summed E-state index contributed by atoms with van der Waals surface area (Å²) >= 11 is 1.28. The van der Waals surface area contributed by atoms with E-state index in [0.29, 0.717) is 48.2 Å². The van der Waals surface area contributed by atoms with Crippen molar-refractivity contribution in [1.29, 1.82) is 0 Å². The first-order valence-electron chi connectivity index (χ1n) is 10.2. The van der Waals surface area contributed by atoms with E-state index < -0.39 is 0 Å². The van der Waals surface area contributed by atoms with Crippen LogP contribution in [0.2, 0.25) is 0 Å². The summed E-state index contributed by atoms with van der Waals surface area (Å²) in [7, 11) is 0. The fraction of sp³-hybridized carbons (Fsp3) is 0.217. The maximum atomic E-state index is 14.7. The Morgan fingerprint density at radius 1 is 1.09 bits per heavy atom. The lowest BCUT2D eigenvalue weighted by molar-refractivity contribution is 0.103. The summed E-state index contributed by atoms with van der Waals surface area (Å²) < 4.78 is 34.9. The van der Waals surface area contributed by atoms with Crippen LogP contribution in [-0.4, -0.2) is 42.0 Å². The van der Waals surface area contributed by atoms with Gasteiger partial charge < -0.3 is 15.0 Å². The first kappa shape index (κ1) is 20.6. The highest BCUT2D eigenvalue weighted by molar-refractivity contribution is 7.20. The summed E-state index contributed by atoms with van der Waals surface area (Å²) in [5.74, 6) is -1.04. The molecule has 1 N–H and O–H groups in total. The molecule has 32 heavy (non-hydrogen) atoms. The zero-order valence-electron chi connectivity index (χ0n) is 17.3. The molecule has 5 rings (SSSR count). The minimum absolute atomic E-state index is 0.324. The highest BCUT2D eigenvalue weighted by Gasteiger charge is 2.19. The molecule has 2 aromatic carbocycles. The number of benzene rings is 2. The van der Waals surface area contributed by atoms with E-state index in [1.165, 1.54) is 29.5 Å². The lowest BCUT2D eigenvalue weighted by Crippen LogP contribution is -2.36. The van der Waals surface area contributed by atoms with Crippen LogP contribution in [0.3, 0.4) is 0 Å². The van der Waals surface area contributed by atoms with E-state index in [0.717, 1.165) is 15.9 Å². The molecular weight excluding hydrogens is 434 g/mol. The van der Waals surface area contributed by atoms with Crippen molar-refractivity contribution < 1.29 is 18.3 Å². The Labute approximate surface area is 187 Å². The third-order valence-corrected chi connectivity index (χ3v) is 6.51. The molecule has 9 heteroatoms. The van der Waals surface area contributed by atoms with Crippen molar-refractivity contribution in [2.75, 3.05) is 36.5 Å². The molecule has 4 aromatic rings. The molecule has 164 valence electrons. The van der Waals surface area contributed by atoms with Gasteiger partial charge in [0.05, 0.1) is 35.2 Å². The van der Waals surface area contributed by atoms with Crippen LogP contribution in [0.5, 0.6) is 0 Å². The predicted octanol–water partition coefficient (Wildman–Crippen LogP) is 4.76. The molecule has 0 spiro atoms. The molecule has 1 fully saturated rings. The van der Waals surface area contributed by atoms with E-state index in [1.807, 2.05) is 11.8 Å². The third kappa shape index (κ3) is 3.85. The van der Waals surface area contributed by atoms with Crippen LogP contribution in [0.15, 0.2) is 48.5 Å². The Kier molecular flexibility index (Phi) is 5.36. The van der Waals surface area contributed by atoms with Gasteiger partial charge in [0.2, 0.25) is 0 Å². The molecule has 0 saturated carbocycles. The fourth-order valence-corrected chi connectivity index (χ4v) is 4.83. The number of rotatable bonds is 4. The lowest BCUT2D eigenvalue weighted by atomic mass is 10.2. The van der Waals surface area contributed by atoms with E-state index in [4.69, 9.17) is 4.74 Å². The number of nitrogens with zero attached hydrogens (tertiary/aromatic N) is 3. The zero-order chi connectivity index (χ0) is 22.2. The number of halogens is 2. The SMILES string of the molecule is Cc1nn(-c2ccc(F)cc2)c2sc(C(=O)Nc3ccc(N4CCOCC4)c(F)c3)cc12. The van der Waals surface area contributed by atoms with Gasteiger partial charge in [-0.05, 0) is 55.5 Å². The monoisotopic (exact) mass is 454 g/mol. The van der Waals surface area contributed by atoms with Gasteiger partial charge in [-0.15, -0.1) is 11.3 Å². The van der Waals surface area contributed by atoms with Crippen LogP contribution in [0, 0.1) is 18.6 Å². The number of anilines is 2. The highest BCUT2D eigenvalue weighted by atomic mass is 32.1. The van der Waals surface area contributed by atoms with Crippen LogP contribution < -0.4 is 10.2 Å². The average molecular weight is 455 g/mol. The van der Waals surface area contributed by atoms with Crippen molar-refractivity contribution >= 4 is 38.8 Å². The average Bonchev–Trinajstić information content (AvgIpc) is 3.36. The van der Waals surface area contributed by atoms with Crippen molar-refractivity contribution in [3.05, 3.63) is 70.7 Å². The third-order valence-electron chi connectivity index (χ3n) is 5.40. The number of carbonyl (C=O) groups excluding carboxylic acids is 1. The van der Waals surface area contributed by atoms with Crippen LogP contribution in [0.25, 0.3) is 15.9 Å². The number of carbonyl (C=O) groups is 1. The molecule has 0 unspecified atom stereocenters. The second kappa shape index (κ2) is 8.33. The Balaban J connectivity index is 1.39. The number of amides is 1. The van der Waals surface area contributed by atoms with Gasteiger partial charge in [-0.25, -0.2) is 13.5 Å². The summed E-state index contributed by atoms with van der Waals surface area (Å²) in [6.45, 7) is 4.26. The zero-order valence-corrected chi connectivity index (χ0v) is 18.1. The minimum atomic E-state index is -0.385. The molecule has 0 atom stereocenters. The van der Waals surface area contributed by atoms with E-state index in [9.17, 15) is 13.6 Å².